The second kappa shape index (κ2) is 9.21. The number of nitrogens with one attached hydrogen (secondary N) is 3. The van der Waals surface area contributed by atoms with E-state index < -0.39 is 0 Å². The molecule has 0 aromatic heterocycles. The van der Waals surface area contributed by atoms with Crippen LogP contribution in [0.3, 0.4) is 0 Å². The van der Waals surface area contributed by atoms with Crippen LogP contribution in [0.4, 0.5) is 0 Å². The predicted octanol–water partition coefficient (Wildman–Crippen LogP) is 1.71. The van der Waals surface area contributed by atoms with Crippen molar-refractivity contribution in [1.29, 1.82) is 0 Å². The van der Waals surface area contributed by atoms with Crippen LogP contribution < -0.4 is 16.0 Å². The molecule has 0 saturated heterocycles. The van der Waals surface area contributed by atoms with Gasteiger partial charge in [0.1, 0.15) is 0 Å². The van der Waals surface area contributed by atoms with Crippen molar-refractivity contribution in [3.63, 3.8) is 0 Å². The second-order valence-corrected chi connectivity index (χ2v) is 7.59. The Bertz CT molecular complexity index is 250. The number of hydrogen-bond donors (Lipinski definition) is 3. The second-order valence-electron chi connectivity index (χ2n) is 7.59. The van der Waals surface area contributed by atoms with Crippen LogP contribution in [-0.4, -0.2) is 62.3 Å². The molecule has 3 rings (SSSR count). The maximum Gasteiger partial charge on any atom is 0.0108 e. The minimum atomic E-state index is 0.822. The molecule has 0 spiro atoms. The Morgan fingerprint density at radius 2 is 0.864 bits per heavy atom. The van der Waals surface area contributed by atoms with Crippen molar-refractivity contribution in [1.82, 2.24) is 20.9 Å². The summed E-state index contributed by atoms with van der Waals surface area (Å²) in [5.74, 6) is 0. The minimum Gasteiger partial charge on any atom is -0.313 e. The molecule has 3 aliphatic carbocycles. The molecule has 0 radical (unpaired) electrons. The van der Waals surface area contributed by atoms with Crippen molar-refractivity contribution in [3.05, 3.63) is 0 Å². The standard InChI is InChI=1S/C18H36N4/c1-4-16(5-1)19-10-13-22(14-11-20-17-6-2-7-17)15-12-21-18-8-3-9-18/h16-21H,1-15H2. The average molecular weight is 309 g/mol. The van der Waals surface area contributed by atoms with Gasteiger partial charge in [0, 0.05) is 57.4 Å². The molecule has 128 valence electrons. The van der Waals surface area contributed by atoms with E-state index in [1.165, 1.54) is 77.4 Å². The highest BCUT2D eigenvalue weighted by Gasteiger charge is 2.19. The van der Waals surface area contributed by atoms with Crippen molar-refractivity contribution >= 4 is 0 Å². The largest absolute Gasteiger partial charge is 0.313 e. The lowest BCUT2D eigenvalue weighted by Crippen LogP contribution is -2.46. The first kappa shape index (κ1) is 16.7. The van der Waals surface area contributed by atoms with Gasteiger partial charge >= 0.3 is 0 Å². The fraction of sp³-hybridized carbons (Fsp3) is 1.00. The summed E-state index contributed by atoms with van der Waals surface area (Å²) in [7, 11) is 0. The van der Waals surface area contributed by atoms with Gasteiger partial charge in [-0.3, -0.25) is 4.90 Å². The van der Waals surface area contributed by atoms with Gasteiger partial charge in [0.25, 0.3) is 0 Å². The molecule has 0 aliphatic heterocycles. The molecule has 0 heterocycles. The summed E-state index contributed by atoms with van der Waals surface area (Å²) in [5.41, 5.74) is 0. The molecular weight excluding hydrogens is 272 g/mol. The van der Waals surface area contributed by atoms with E-state index >= 15 is 0 Å². The van der Waals surface area contributed by atoms with E-state index in [-0.39, 0.29) is 0 Å². The third-order valence-electron chi connectivity index (χ3n) is 5.90. The normalized spacial score (nSPS) is 23.3. The van der Waals surface area contributed by atoms with Crippen LogP contribution in [0.15, 0.2) is 0 Å². The van der Waals surface area contributed by atoms with Crippen molar-refractivity contribution < 1.29 is 0 Å². The molecule has 0 aromatic carbocycles. The van der Waals surface area contributed by atoms with E-state index in [0.717, 1.165) is 37.8 Å². The first-order valence-electron chi connectivity index (χ1n) is 9.82. The monoisotopic (exact) mass is 308 g/mol. The molecule has 22 heavy (non-hydrogen) atoms. The van der Waals surface area contributed by atoms with Crippen LogP contribution in [-0.2, 0) is 0 Å². The van der Waals surface area contributed by atoms with Crippen LogP contribution in [0.5, 0.6) is 0 Å². The summed E-state index contributed by atoms with van der Waals surface area (Å²) >= 11 is 0. The first-order valence-corrected chi connectivity index (χ1v) is 9.82. The zero-order chi connectivity index (χ0) is 15.0. The minimum absolute atomic E-state index is 0.822. The smallest absolute Gasteiger partial charge is 0.0108 e. The molecular formula is C18H36N4. The highest BCUT2D eigenvalue weighted by atomic mass is 15.2. The Labute approximate surface area is 136 Å². The first-order chi connectivity index (χ1) is 10.9. The van der Waals surface area contributed by atoms with Gasteiger partial charge in [0.2, 0.25) is 0 Å². The Balaban J connectivity index is 1.27. The molecule has 0 unspecified atom stereocenters. The molecule has 0 bridgehead atoms. The summed E-state index contributed by atoms with van der Waals surface area (Å²) in [6.45, 7) is 7.10. The maximum absolute atomic E-state index is 3.71. The van der Waals surface area contributed by atoms with E-state index in [1.54, 1.807) is 0 Å². The molecule has 0 atom stereocenters. The number of rotatable bonds is 12. The van der Waals surface area contributed by atoms with Crippen molar-refractivity contribution in [2.75, 3.05) is 39.3 Å². The zero-order valence-electron chi connectivity index (χ0n) is 14.3. The molecule has 3 saturated carbocycles. The van der Waals surface area contributed by atoms with Gasteiger partial charge in [-0.25, -0.2) is 0 Å². The van der Waals surface area contributed by atoms with E-state index in [2.05, 4.69) is 20.9 Å². The summed E-state index contributed by atoms with van der Waals surface area (Å²) in [4.78, 5) is 2.64. The lowest BCUT2D eigenvalue weighted by atomic mass is 9.93. The van der Waals surface area contributed by atoms with Gasteiger partial charge in [-0.15, -0.1) is 0 Å². The third-order valence-corrected chi connectivity index (χ3v) is 5.90. The maximum atomic E-state index is 3.71. The fourth-order valence-corrected chi connectivity index (χ4v) is 3.45. The molecule has 0 aromatic rings. The highest BCUT2D eigenvalue weighted by molar-refractivity contribution is 4.80. The lowest BCUT2D eigenvalue weighted by molar-refractivity contribution is 0.232. The molecule has 0 amide bonds. The Morgan fingerprint density at radius 3 is 1.09 bits per heavy atom. The van der Waals surface area contributed by atoms with Crippen LogP contribution in [0, 0.1) is 0 Å². The van der Waals surface area contributed by atoms with Gasteiger partial charge < -0.3 is 16.0 Å². The van der Waals surface area contributed by atoms with Gasteiger partial charge in [0.05, 0.1) is 0 Å². The quantitative estimate of drug-likeness (QED) is 0.513. The number of hydrogen-bond acceptors (Lipinski definition) is 4. The molecule has 3 N–H and O–H groups in total. The van der Waals surface area contributed by atoms with Crippen molar-refractivity contribution in [3.8, 4) is 0 Å². The fourth-order valence-electron chi connectivity index (χ4n) is 3.45. The third kappa shape index (κ3) is 5.48. The Hall–Kier alpha value is -0.160. The Kier molecular flexibility index (Phi) is 6.99. The Morgan fingerprint density at radius 1 is 0.545 bits per heavy atom. The van der Waals surface area contributed by atoms with Gasteiger partial charge in [-0.1, -0.05) is 19.3 Å². The van der Waals surface area contributed by atoms with E-state index in [0.29, 0.717) is 0 Å². The van der Waals surface area contributed by atoms with Crippen LogP contribution in [0.2, 0.25) is 0 Å². The number of nitrogens with zero attached hydrogens (tertiary/aromatic N) is 1. The summed E-state index contributed by atoms with van der Waals surface area (Å²) in [6, 6.07) is 2.47. The van der Waals surface area contributed by atoms with Gasteiger partial charge in [0.15, 0.2) is 0 Å². The lowest BCUT2D eigenvalue weighted by Gasteiger charge is -2.32. The summed E-state index contributed by atoms with van der Waals surface area (Å²) in [5, 5.41) is 11.1. The van der Waals surface area contributed by atoms with Crippen molar-refractivity contribution in [2.24, 2.45) is 0 Å². The van der Waals surface area contributed by atoms with E-state index in [4.69, 9.17) is 0 Å². The molecule has 3 fully saturated rings. The highest BCUT2D eigenvalue weighted by Crippen LogP contribution is 2.19. The van der Waals surface area contributed by atoms with Crippen molar-refractivity contribution in [2.45, 2.75) is 75.9 Å². The average Bonchev–Trinajstić information content (AvgIpc) is 2.37. The van der Waals surface area contributed by atoms with Crippen LogP contribution in [0.25, 0.3) is 0 Å². The summed E-state index contributed by atoms with van der Waals surface area (Å²) < 4.78 is 0. The topological polar surface area (TPSA) is 39.3 Å². The van der Waals surface area contributed by atoms with E-state index in [9.17, 15) is 0 Å². The van der Waals surface area contributed by atoms with Crippen LogP contribution in [0.1, 0.15) is 57.8 Å². The SMILES string of the molecule is C1CC(NCCN(CCNC2CCC2)CCNC2CCC2)C1. The molecule has 4 nitrogen and oxygen atoms in total. The van der Waals surface area contributed by atoms with E-state index in [1.807, 2.05) is 0 Å². The van der Waals surface area contributed by atoms with Gasteiger partial charge in [-0.05, 0) is 38.5 Å². The van der Waals surface area contributed by atoms with Gasteiger partial charge in [-0.2, -0.15) is 0 Å². The zero-order valence-corrected chi connectivity index (χ0v) is 14.3. The summed E-state index contributed by atoms with van der Waals surface area (Å²) in [6.07, 6.45) is 12.7. The molecule has 4 heteroatoms. The molecule has 3 aliphatic rings. The predicted molar refractivity (Wildman–Crippen MR) is 93.4 cm³/mol. The van der Waals surface area contributed by atoms with Crippen LogP contribution >= 0.6 is 0 Å².